The van der Waals surface area contributed by atoms with Gasteiger partial charge in [0.05, 0.1) is 17.7 Å². The first-order valence-corrected chi connectivity index (χ1v) is 7.30. The van der Waals surface area contributed by atoms with Gasteiger partial charge in [-0.3, -0.25) is 4.79 Å². The van der Waals surface area contributed by atoms with Crippen LogP contribution in [0, 0.1) is 5.92 Å². The van der Waals surface area contributed by atoms with Crippen LogP contribution in [0.4, 0.5) is 5.69 Å². The highest BCUT2D eigenvalue weighted by molar-refractivity contribution is 6.32. The number of ether oxygens (including phenoxy) is 1. The summed E-state index contributed by atoms with van der Waals surface area (Å²) in [5, 5.41) is 3.23. The Kier molecular flexibility index (Phi) is 6.82. The highest BCUT2D eigenvalue weighted by Crippen LogP contribution is 2.28. The molecule has 3 N–H and O–H groups in total. The molecule has 4 nitrogen and oxygen atoms in total. The summed E-state index contributed by atoms with van der Waals surface area (Å²) in [6.07, 6.45) is 1.53. The van der Waals surface area contributed by atoms with Gasteiger partial charge in [0.1, 0.15) is 5.75 Å². The summed E-state index contributed by atoms with van der Waals surface area (Å²) in [5.74, 6) is 0.854. The molecular formula is C15H23ClN2O2. The van der Waals surface area contributed by atoms with E-state index in [1.54, 1.807) is 18.2 Å². The number of amides is 1. The lowest BCUT2D eigenvalue weighted by atomic mass is 10.1. The number of benzene rings is 1. The molecule has 0 radical (unpaired) electrons. The van der Waals surface area contributed by atoms with Gasteiger partial charge in [-0.15, -0.1) is 0 Å². The van der Waals surface area contributed by atoms with E-state index in [2.05, 4.69) is 19.2 Å². The van der Waals surface area contributed by atoms with Crippen molar-refractivity contribution < 1.29 is 9.53 Å². The lowest BCUT2D eigenvalue weighted by Gasteiger charge is -2.13. The first kappa shape index (κ1) is 16.8. The molecule has 112 valence electrons. The van der Waals surface area contributed by atoms with Gasteiger partial charge in [-0.2, -0.15) is 0 Å². The summed E-state index contributed by atoms with van der Waals surface area (Å²) in [6, 6.07) is 4.70. The molecular weight excluding hydrogens is 276 g/mol. The molecule has 20 heavy (non-hydrogen) atoms. The predicted octanol–water partition coefficient (Wildman–Crippen LogP) is 3.44. The SMILES string of the molecule is CCCC(N)C(=O)Nc1ccc(OCC(C)C)c(Cl)c1. The minimum Gasteiger partial charge on any atom is -0.492 e. The van der Waals surface area contributed by atoms with E-state index in [1.165, 1.54) is 0 Å². The molecule has 1 amide bonds. The van der Waals surface area contributed by atoms with Gasteiger partial charge in [0.2, 0.25) is 5.91 Å². The fourth-order valence-electron chi connectivity index (χ4n) is 1.63. The average molecular weight is 299 g/mol. The molecule has 0 saturated carbocycles. The van der Waals surface area contributed by atoms with E-state index in [9.17, 15) is 4.79 Å². The number of carbonyl (C=O) groups excluding carboxylic acids is 1. The fourth-order valence-corrected chi connectivity index (χ4v) is 1.86. The molecule has 0 aliphatic carbocycles. The summed E-state index contributed by atoms with van der Waals surface area (Å²) in [5.41, 5.74) is 6.38. The Morgan fingerprint density at radius 3 is 2.70 bits per heavy atom. The summed E-state index contributed by atoms with van der Waals surface area (Å²) < 4.78 is 5.57. The van der Waals surface area contributed by atoms with E-state index in [4.69, 9.17) is 22.1 Å². The third kappa shape index (κ3) is 5.39. The van der Waals surface area contributed by atoms with E-state index in [1.807, 2.05) is 6.92 Å². The van der Waals surface area contributed by atoms with E-state index in [0.29, 0.717) is 35.4 Å². The highest BCUT2D eigenvalue weighted by Gasteiger charge is 2.13. The largest absolute Gasteiger partial charge is 0.492 e. The highest BCUT2D eigenvalue weighted by atomic mass is 35.5. The molecule has 0 aliphatic rings. The Hall–Kier alpha value is -1.26. The van der Waals surface area contributed by atoms with Crippen LogP contribution in [0.5, 0.6) is 5.75 Å². The monoisotopic (exact) mass is 298 g/mol. The summed E-state index contributed by atoms with van der Waals surface area (Å²) in [7, 11) is 0. The Balaban J connectivity index is 2.65. The van der Waals surface area contributed by atoms with Crippen LogP contribution in [0.3, 0.4) is 0 Å². The van der Waals surface area contributed by atoms with Gasteiger partial charge in [-0.25, -0.2) is 0 Å². The van der Waals surface area contributed by atoms with Crippen LogP contribution in [-0.2, 0) is 4.79 Å². The van der Waals surface area contributed by atoms with Crippen molar-refractivity contribution in [1.82, 2.24) is 0 Å². The van der Waals surface area contributed by atoms with Crippen molar-refractivity contribution in [2.45, 2.75) is 39.7 Å². The number of hydrogen-bond donors (Lipinski definition) is 2. The summed E-state index contributed by atoms with van der Waals surface area (Å²) in [4.78, 5) is 11.8. The van der Waals surface area contributed by atoms with Crippen molar-refractivity contribution in [3.05, 3.63) is 23.2 Å². The Morgan fingerprint density at radius 1 is 1.45 bits per heavy atom. The van der Waals surface area contributed by atoms with Crippen molar-refractivity contribution >= 4 is 23.2 Å². The molecule has 0 aliphatic heterocycles. The first-order chi connectivity index (χ1) is 9.43. The molecule has 1 aromatic rings. The molecule has 1 aromatic carbocycles. The molecule has 1 rings (SSSR count). The van der Waals surface area contributed by atoms with E-state index in [-0.39, 0.29) is 5.91 Å². The first-order valence-electron chi connectivity index (χ1n) is 6.92. The fraction of sp³-hybridized carbons (Fsp3) is 0.533. The number of anilines is 1. The van der Waals surface area contributed by atoms with Crippen LogP contribution in [0.15, 0.2) is 18.2 Å². The second kappa shape index (κ2) is 8.12. The maximum atomic E-state index is 11.8. The lowest BCUT2D eigenvalue weighted by Crippen LogP contribution is -2.35. The smallest absolute Gasteiger partial charge is 0.241 e. The minimum atomic E-state index is -0.490. The van der Waals surface area contributed by atoms with Crippen LogP contribution < -0.4 is 15.8 Å². The Bertz CT molecular complexity index is 449. The van der Waals surface area contributed by atoms with Gasteiger partial charge < -0.3 is 15.8 Å². The molecule has 1 atom stereocenters. The van der Waals surface area contributed by atoms with Gasteiger partial charge in [0, 0.05) is 5.69 Å². The van der Waals surface area contributed by atoms with Crippen LogP contribution in [0.25, 0.3) is 0 Å². The van der Waals surface area contributed by atoms with Gasteiger partial charge >= 0.3 is 0 Å². The number of carbonyl (C=O) groups is 1. The normalized spacial score (nSPS) is 12.3. The van der Waals surface area contributed by atoms with Crippen molar-refractivity contribution in [3.63, 3.8) is 0 Å². The van der Waals surface area contributed by atoms with E-state index in [0.717, 1.165) is 6.42 Å². The van der Waals surface area contributed by atoms with Crippen molar-refractivity contribution in [2.24, 2.45) is 11.7 Å². The zero-order valence-electron chi connectivity index (χ0n) is 12.3. The minimum absolute atomic E-state index is 0.196. The van der Waals surface area contributed by atoms with Crippen LogP contribution in [-0.4, -0.2) is 18.6 Å². The average Bonchev–Trinajstić information content (AvgIpc) is 2.37. The number of nitrogens with one attached hydrogen (secondary N) is 1. The second-order valence-corrected chi connectivity index (χ2v) is 5.64. The standard InChI is InChI=1S/C15H23ClN2O2/c1-4-5-13(17)15(19)18-11-6-7-14(12(16)8-11)20-9-10(2)3/h6-8,10,13H,4-5,9,17H2,1-3H3,(H,18,19). The van der Waals surface area contributed by atoms with Crippen molar-refractivity contribution in [2.75, 3.05) is 11.9 Å². The molecule has 0 saturated heterocycles. The molecule has 0 aromatic heterocycles. The number of hydrogen-bond acceptors (Lipinski definition) is 3. The zero-order chi connectivity index (χ0) is 15.1. The van der Waals surface area contributed by atoms with Crippen LogP contribution in [0.1, 0.15) is 33.6 Å². The Labute approximate surface area is 125 Å². The topological polar surface area (TPSA) is 64.4 Å². The van der Waals surface area contributed by atoms with Crippen LogP contribution >= 0.6 is 11.6 Å². The maximum absolute atomic E-state index is 11.8. The third-order valence-corrected chi connectivity index (χ3v) is 3.00. The van der Waals surface area contributed by atoms with E-state index < -0.39 is 6.04 Å². The molecule has 1 unspecified atom stereocenters. The van der Waals surface area contributed by atoms with Gasteiger partial charge in [-0.05, 0) is 30.5 Å². The van der Waals surface area contributed by atoms with Crippen LogP contribution in [0.2, 0.25) is 5.02 Å². The quantitative estimate of drug-likeness (QED) is 0.810. The molecule has 0 bridgehead atoms. The number of rotatable bonds is 7. The van der Waals surface area contributed by atoms with Crippen molar-refractivity contribution in [1.29, 1.82) is 0 Å². The van der Waals surface area contributed by atoms with Gasteiger partial charge in [0.15, 0.2) is 0 Å². The summed E-state index contributed by atoms with van der Waals surface area (Å²) in [6.45, 7) is 6.73. The van der Waals surface area contributed by atoms with E-state index >= 15 is 0 Å². The second-order valence-electron chi connectivity index (χ2n) is 5.23. The summed E-state index contributed by atoms with van der Waals surface area (Å²) >= 11 is 6.13. The molecule has 5 heteroatoms. The third-order valence-electron chi connectivity index (χ3n) is 2.71. The zero-order valence-corrected chi connectivity index (χ0v) is 13.0. The number of halogens is 1. The molecule has 0 fully saturated rings. The van der Waals surface area contributed by atoms with Crippen molar-refractivity contribution in [3.8, 4) is 5.75 Å². The van der Waals surface area contributed by atoms with Gasteiger partial charge in [-0.1, -0.05) is 38.8 Å². The lowest BCUT2D eigenvalue weighted by molar-refractivity contribution is -0.117. The molecule has 0 heterocycles. The number of nitrogens with two attached hydrogens (primary N) is 1. The predicted molar refractivity (Wildman–Crippen MR) is 83.3 cm³/mol. The maximum Gasteiger partial charge on any atom is 0.241 e. The van der Waals surface area contributed by atoms with Gasteiger partial charge in [0.25, 0.3) is 0 Å². The molecule has 0 spiro atoms. The Morgan fingerprint density at radius 2 is 2.15 bits per heavy atom.